The Morgan fingerprint density at radius 3 is 2.85 bits per heavy atom. The number of pyridine rings is 1. The molecule has 3 rings (SSSR count). The Labute approximate surface area is 156 Å². The lowest BCUT2D eigenvalue weighted by Crippen LogP contribution is -2.50. The molecule has 0 aliphatic heterocycles. The average molecular weight is 370 g/mol. The van der Waals surface area contributed by atoms with Crippen molar-refractivity contribution in [2.24, 2.45) is 0 Å². The monoisotopic (exact) mass is 370 g/mol. The van der Waals surface area contributed by atoms with Crippen molar-refractivity contribution in [1.82, 2.24) is 25.8 Å². The largest absolute Gasteiger partial charge is 0.402 e. The fraction of sp³-hybridized carbons (Fsp3) is 0.389. The molecule has 2 heterocycles. The average Bonchev–Trinajstić information content (AvgIpc) is 3.28. The molecule has 2 aromatic heterocycles. The van der Waals surface area contributed by atoms with Crippen LogP contribution in [0.5, 0.6) is 0 Å². The molecule has 1 aliphatic rings. The minimum absolute atomic E-state index is 0.345. The van der Waals surface area contributed by atoms with Crippen LogP contribution in [-0.2, 0) is 11.2 Å². The van der Waals surface area contributed by atoms with E-state index in [-0.39, 0.29) is 0 Å². The molecule has 142 valence electrons. The Balaban J connectivity index is 1.85. The second-order valence-corrected chi connectivity index (χ2v) is 6.43. The lowest BCUT2D eigenvalue weighted by molar-refractivity contribution is -0.108. The van der Waals surface area contributed by atoms with Crippen LogP contribution in [0, 0.1) is 0 Å². The zero-order valence-corrected chi connectivity index (χ0v) is 15.5. The summed E-state index contributed by atoms with van der Waals surface area (Å²) in [6, 6.07) is 3.64. The highest BCUT2D eigenvalue weighted by Gasteiger charge is 2.32. The van der Waals surface area contributed by atoms with Crippen LogP contribution in [0.3, 0.4) is 0 Å². The minimum atomic E-state index is -0.587. The maximum atomic E-state index is 11.8. The van der Waals surface area contributed by atoms with Gasteiger partial charge >= 0.3 is 12.0 Å². The molecule has 0 spiro atoms. The minimum Gasteiger partial charge on any atom is -0.402 e. The first-order valence-corrected chi connectivity index (χ1v) is 8.80. The van der Waals surface area contributed by atoms with Crippen molar-refractivity contribution >= 4 is 24.5 Å². The van der Waals surface area contributed by atoms with Gasteiger partial charge in [0.05, 0.1) is 11.2 Å². The van der Waals surface area contributed by atoms with E-state index < -0.39 is 11.6 Å². The zero-order chi connectivity index (χ0) is 19.4. The number of aromatic nitrogens is 3. The fourth-order valence-electron chi connectivity index (χ4n) is 2.96. The third-order valence-electron chi connectivity index (χ3n) is 4.67. The molecule has 1 atom stereocenters. The molecular formula is C18H22N6O3. The molecule has 3 amide bonds. The van der Waals surface area contributed by atoms with E-state index in [4.69, 9.17) is 4.42 Å². The number of hydrogen-bond donors (Lipinski definition) is 3. The molecule has 1 aliphatic carbocycles. The van der Waals surface area contributed by atoms with Gasteiger partial charge in [-0.25, -0.2) is 9.78 Å². The number of imide groups is 1. The molecule has 9 nitrogen and oxygen atoms in total. The number of fused-ring (bicyclic) bond motifs is 1. The first-order chi connectivity index (χ1) is 13.0. The number of hydrogen-bond acceptors (Lipinski definition) is 7. The van der Waals surface area contributed by atoms with E-state index in [1.54, 1.807) is 0 Å². The zero-order valence-electron chi connectivity index (χ0n) is 15.5. The molecular weight excluding hydrogens is 348 g/mol. The Morgan fingerprint density at radius 1 is 1.33 bits per heavy atom. The van der Waals surface area contributed by atoms with E-state index in [1.807, 2.05) is 39.0 Å². The quantitative estimate of drug-likeness (QED) is 0.638. The van der Waals surface area contributed by atoms with Crippen molar-refractivity contribution in [2.75, 3.05) is 11.9 Å². The number of nitrogens with zero attached hydrogens (tertiary/aromatic N) is 3. The van der Waals surface area contributed by atoms with E-state index in [0.29, 0.717) is 43.4 Å². The summed E-state index contributed by atoms with van der Waals surface area (Å²) in [5, 5.41) is 15.9. The Morgan fingerprint density at radius 2 is 2.15 bits per heavy atom. The molecule has 0 bridgehead atoms. The number of rotatable bonds is 7. The molecule has 0 saturated heterocycles. The maximum absolute atomic E-state index is 11.8. The first-order valence-electron chi connectivity index (χ1n) is 8.80. The van der Waals surface area contributed by atoms with Crippen LogP contribution >= 0.6 is 0 Å². The van der Waals surface area contributed by atoms with Gasteiger partial charge in [0.25, 0.3) is 5.89 Å². The number of carbonyl (C=O) groups excluding carboxylic acids is 2. The summed E-state index contributed by atoms with van der Waals surface area (Å²) >= 11 is 0. The van der Waals surface area contributed by atoms with E-state index in [1.165, 1.54) is 0 Å². The first kappa shape index (κ1) is 18.6. The van der Waals surface area contributed by atoms with Gasteiger partial charge in [-0.05, 0) is 50.0 Å². The van der Waals surface area contributed by atoms with Crippen molar-refractivity contribution in [3.8, 4) is 11.6 Å². The Kier molecular flexibility index (Phi) is 5.20. The number of amides is 3. The Bertz CT molecular complexity index is 891. The van der Waals surface area contributed by atoms with Gasteiger partial charge < -0.3 is 15.1 Å². The van der Waals surface area contributed by atoms with Crippen LogP contribution in [0.4, 0.5) is 10.8 Å². The van der Waals surface area contributed by atoms with Gasteiger partial charge in [0, 0.05) is 6.54 Å². The highest BCUT2D eigenvalue weighted by atomic mass is 16.4. The second-order valence-electron chi connectivity index (χ2n) is 6.43. The van der Waals surface area contributed by atoms with Gasteiger partial charge in [-0.2, -0.15) is 0 Å². The van der Waals surface area contributed by atoms with Crippen molar-refractivity contribution in [3.63, 3.8) is 0 Å². The summed E-state index contributed by atoms with van der Waals surface area (Å²) in [5.41, 5.74) is 2.88. The van der Waals surface area contributed by atoms with E-state index in [0.717, 1.165) is 16.8 Å². The van der Waals surface area contributed by atoms with Crippen LogP contribution in [0.2, 0.25) is 0 Å². The SMILES string of the molecule is CCNc1nnc(-c2ccc3c(n2)C=C([C@](C)(CC)NC(=O)NC=O)C3)o1. The van der Waals surface area contributed by atoms with Gasteiger partial charge in [0.15, 0.2) is 0 Å². The smallest absolute Gasteiger partial charge is 0.321 e. The summed E-state index contributed by atoms with van der Waals surface area (Å²) in [4.78, 5) is 26.9. The van der Waals surface area contributed by atoms with E-state index in [9.17, 15) is 9.59 Å². The number of nitrogens with one attached hydrogen (secondary N) is 3. The normalized spacial score (nSPS) is 14.7. The lowest BCUT2D eigenvalue weighted by Gasteiger charge is -2.31. The second kappa shape index (κ2) is 7.56. The summed E-state index contributed by atoms with van der Waals surface area (Å²) in [6.07, 6.45) is 3.66. The van der Waals surface area contributed by atoms with Gasteiger partial charge in [-0.1, -0.05) is 18.1 Å². The van der Waals surface area contributed by atoms with Crippen LogP contribution in [0.25, 0.3) is 17.7 Å². The third-order valence-corrected chi connectivity index (χ3v) is 4.67. The van der Waals surface area contributed by atoms with Crippen LogP contribution < -0.4 is 16.0 Å². The summed E-state index contributed by atoms with van der Waals surface area (Å²) in [5.74, 6) is 0.345. The topological polar surface area (TPSA) is 122 Å². The predicted molar refractivity (Wildman–Crippen MR) is 99.8 cm³/mol. The number of anilines is 1. The highest BCUT2D eigenvalue weighted by molar-refractivity contribution is 5.85. The van der Waals surface area contributed by atoms with Crippen molar-refractivity contribution in [1.29, 1.82) is 0 Å². The summed E-state index contributed by atoms with van der Waals surface area (Å²) < 4.78 is 5.55. The molecule has 0 saturated carbocycles. The predicted octanol–water partition coefficient (Wildman–Crippen LogP) is 2.13. The summed E-state index contributed by atoms with van der Waals surface area (Å²) in [7, 11) is 0. The number of carbonyl (C=O) groups is 2. The van der Waals surface area contributed by atoms with Gasteiger partial charge in [0.2, 0.25) is 6.41 Å². The fourth-order valence-corrected chi connectivity index (χ4v) is 2.96. The van der Waals surface area contributed by atoms with Crippen molar-refractivity contribution < 1.29 is 14.0 Å². The molecule has 0 unspecified atom stereocenters. The van der Waals surface area contributed by atoms with Crippen LogP contribution in [-0.4, -0.2) is 39.7 Å². The molecule has 0 aromatic carbocycles. The van der Waals surface area contributed by atoms with Crippen molar-refractivity contribution in [2.45, 2.75) is 39.2 Å². The molecule has 0 fully saturated rings. The number of urea groups is 1. The van der Waals surface area contributed by atoms with Gasteiger partial charge in [0.1, 0.15) is 5.69 Å². The molecule has 9 heteroatoms. The van der Waals surface area contributed by atoms with E-state index in [2.05, 4.69) is 31.1 Å². The third kappa shape index (κ3) is 3.81. The summed E-state index contributed by atoms with van der Waals surface area (Å²) in [6.45, 7) is 6.53. The molecule has 0 radical (unpaired) electrons. The highest BCUT2D eigenvalue weighted by Crippen LogP contribution is 2.34. The van der Waals surface area contributed by atoms with Crippen molar-refractivity contribution in [3.05, 3.63) is 29.0 Å². The lowest BCUT2D eigenvalue weighted by atomic mass is 9.87. The standard InChI is InChI=1S/C18H22N6O3/c1-4-18(3,22-16(26)20-10-25)12-8-11-6-7-13(21-14(11)9-12)15-23-24-17(27-15)19-5-2/h6-7,9-10H,4-5,8H2,1-3H3,(H,19,24)(H2,20,22,25,26)/t18-/m0/s1. The van der Waals surface area contributed by atoms with Crippen LogP contribution in [0.15, 0.2) is 22.1 Å². The van der Waals surface area contributed by atoms with Gasteiger partial charge in [-0.15, -0.1) is 5.10 Å². The maximum Gasteiger partial charge on any atom is 0.321 e. The molecule has 27 heavy (non-hydrogen) atoms. The Hall–Kier alpha value is -3.23. The van der Waals surface area contributed by atoms with E-state index >= 15 is 0 Å². The molecule has 2 aromatic rings. The van der Waals surface area contributed by atoms with Gasteiger partial charge in [-0.3, -0.25) is 10.1 Å². The van der Waals surface area contributed by atoms with Crippen LogP contribution in [0.1, 0.15) is 38.4 Å². The molecule has 3 N–H and O–H groups in total.